The number of nitrogens with zero attached hydrogens (tertiary/aromatic N) is 1. The number of piperidine rings is 1. The van der Waals surface area contributed by atoms with Crippen LogP contribution in [0.1, 0.15) is 46.8 Å². The van der Waals surface area contributed by atoms with Gasteiger partial charge < -0.3 is 5.32 Å². The van der Waals surface area contributed by atoms with Gasteiger partial charge in [0.15, 0.2) is 0 Å². The fourth-order valence-electron chi connectivity index (χ4n) is 3.60. The summed E-state index contributed by atoms with van der Waals surface area (Å²) in [5.41, 5.74) is 5.14. The summed E-state index contributed by atoms with van der Waals surface area (Å²) in [6, 6.07) is 14.1. The zero-order valence-corrected chi connectivity index (χ0v) is 15.5. The molecule has 1 atom stereocenters. The number of hydrogen-bond donors (Lipinski definition) is 1. The summed E-state index contributed by atoms with van der Waals surface area (Å²) in [6.45, 7) is 9.73. The van der Waals surface area contributed by atoms with E-state index in [1.807, 2.05) is 31.2 Å². The molecule has 132 valence electrons. The molecule has 0 saturated carbocycles. The lowest BCUT2D eigenvalue weighted by Gasteiger charge is -2.30. The van der Waals surface area contributed by atoms with Gasteiger partial charge in [-0.3, -0.25) is 9.69 Å². The standard InChI is InChI=1S/C22H28N2O/c1-16-6-11-21(18(3)13-16)23-22(25)20-9-7-19(8-10-20)15-24-12-4-5-17(2)14-24/h6-11,13,17H,4-5,12,14-15H2,1-3H3,(H,23,25)/t17-/m0/s1. The number of benzene rings is 2. The fourth-order valence-corrected chi connectivity index (χ4v) is 3.60. The normalized spacial score (nSPS) is 18.1. The molecule has 2 aromatic rings. The van der Waals surface area contributed by atoms with Crippen molar-refractivity contribution in [3.8, 4) is 0 Å². The van der Waals surface area contributed by atoms with E-state index in [1.54, 1.807) is 0 Å². The zero-order chi connectivity index (χ0) is 17.8. The number of rotatable bonds is 4. The van der Waals surface area contributed by atoms with Gasteiger partial charge in [-0.15, -0.1) is 0 Å². The molecule has 3 heteroatoms. The van der Waals surface area contributed by atoms with Gasteiger partial charge in [0.2, 0.25) is 0 Å². The topological polar surface area (TPSA) is 32.3 Å². The second kappa shape index (κ2) is 7.83. The molecule has 0 aliphatic carbocycles. The predicted octanol–water partition coefficient (Wildman–Crippen LogP) is 4.79. The van der Waals surface area contributed by atoms with E-state index < -0.39 is 0 Å². The molecule has 1 N–H and O–H groups in total. The SMILES string of the molecule is Cc1ccc(NC(=O)c2ccc(CN3CCC[C@H](C)C3)cc2)c(C)c1. The van der Waals surface area contributed by atoms with Gasteiger partial charge in [0, 0.05) is 24.3 Å². The molecule has 2 aromatic carbocycles. The maximum Gasteiger partial charge on any atom is 0.255 e. The molecule has 1 aliphatic heterocycles. The number of carbonyl (C=O) groups excluding carboxylic acids is 1. The highest BCUT2D eigenvalue weighted by atomic mass is 16.1. The van der Waals surface area contributed by atoms with Crippen LogP contribution in [0.5, 0.6) is 0 Å². The summed E-state index contributed by atoms with van der Waals surface area (Å²) in [5, 5.41) is 3.01. The van der Waals surface area contributed by atoms with Crippen LogP contribution in [0.4, 0.5) is 5.69 Å². The second-order valence-corrected chi connectivity index (χ2v) is 7.45. The van der Waals surface area contributed by atoms with Gasteiger partial charge in [-0.05, 0) is 68.5 Å². The Morgan fingerprint density at radius 1 is 1.16 bits per heavy atom. The van der Waals surface area contributed by atoms with Gasteiger partial charge in [0.05, 0.1) is 0 Å². The van der Waals surface area contributed by atoms with E-state index in [0.717, 1.165) is 23.7 Å². The quantitative estimate of drug-likeness (QED) is 0.871. The van der Waals surface area contributed by atoms with E-state index in [4.69, 9.17) is 0 Å². The summed E-state index contributed by atoms with van der Waals surface area (Å²) in [6.07, 6.45) is 2.63. The lowest BCUT2D eigenvalue weighted by atomic mass is 9.99. The van der Waals surface area contributed by atoms with E-state index in [1.165, 1.54) is 37.1 Å². The Morgan fingerprint density at radius 3 is 2.60 bits per heavy atom. The summed E-state index contributed by atoms with van der Waals surface area (Å²) in [5.74, 6) is 0.738. The third-order valence-corrected chi connectivity index (χ3v) is 4.99. The molecule has 25 heavy (non-hydrogen) atoms. The molecule has 1 heterocycles. The zero-order valence-electron chi connectivity index (χ0n) is 15.5. The number of amides is 1. The highest BCUT2D eigenvalue weighted by Gasteiger charge is 2.16. The number of anilines is 1. The van der Waals surface area contributed by atoms with E-state index in [2.05, 4.69) is 42.3 Å². The van der Waals surface area contributed by atoms with Gasteiger partial charge in [-0.25, -0.2) is 0 Å². The first-order valence-electron chi connectivity index (χ1n) is 9.21. The van der Waals surface area contributed by atoms with Crippen LogP contribution < -0.4 is 5.32 Å². The minimum Gasteiger partial charge on any atom is -0.322 e. The van der Waals surface area contributed by atoms with Crippen LogP contribution in [0, 0.1) is 19.8 Å². The van der Waals surface area contributed by atoms with Crippen molar-refractivity contribution in [1.29, 1.82) is 0 Å². The van der Waals surface area contributed by atoms with Crippen LogP contribution in [0.2, 0.25) is 0 Å². The third-order valence-electron chi connectivity index (χ3n) is 4.99. The van der Waals surface area contributed by atoms with Gasteiger partial charge in [-0.1, -0.05) is 36.8 Å². The molecule has 3 nitrogen and oxygen atoms in total. The fraction of sp³-hybridized carbons (Fsp3) is 0.409. The third kappa shape index (κ3) is 4.70. The van der Waals surface area contributed by atoms with Gasteiger partial charge in [-0.2, -0.15) is 0 Å². The molecular formula is C22H28N2O. The predicted molar refractivity (Wildman–Crippen MR) is 104 cm³/mol. The van der Waals surface area contributed by atoms with Gasteiger partial charge in [0.25, 0.3) is 5.91 Å². The first kappa shape index (κ1) is 17.7. The molecule has 1 saturated heterocycles. The van der Waals surface area contributed by atoms with E-state index in [0.29, 0.717) is 5.56 Å². The molecule has 3 rings (SSSR count). The van der Waals surface area contributed by atoms with E-state index >= 15 is 0 Å². The van der Waals surface area contributed by atoms with E-state index in [-0.39, 0.29) is 5.91 Å². The van der Waals surface area contributed by atoms with E-state index in [9.17, 15) is 4.79 Å². The smallest absolute Gasteiger partial charge is 0.255 e. The Hall–Kier alpha value is -2.13. The van der Waals surface area contributed by atoms with Crippen molar-refractivity contribution in [3.63, 3.8) is 0 Å². The van der Waals surface area contributed by atoms with Crippen LogP contribution in [0.3, 0.4) is 0 Å². The van der Waals surface area contributed by atoms with Crippen molar-refractivity contribution in [2.75, 3.05) is 18.4 Å². The average molecular weight is 336 g/mol. The Balaban J connectivity index is 1.62. The van der Waals surface area contributed by atoms with Gasteiger partial charge in [0.1, 0.15) is 0 Å². The van der Waals surface area contributed by atoms with Crippen molar-refractivity contribution in [3.05, 3.63) is 64.7 Å². The highest BCUT2D eigenvalue weighted by Crippen LogP contribution is 2.19. The Labute approximate surface area is 151 Å². The van der Waals surface area contributed by atoms with Crippen molar-refractivity contribution in [2.45, 2.75) is 40.2 Å². The molecular weight excluding hydrogens is 308 g/mol. The van der Waals surface area contributed by atoms with Crippen molar-refractivity contribution in [2.24, 2.45) is 5.92 Å². The van der Waals surface area contributed by atoms with Crippen molar-refractivity contribution >= 4 is 11.6 Å². The second-order valence-electron chi connectivity index (χ2n) is 7.45. The Bertz CT molecular complexity index is 736. The van der Waals surface area contributed by atoms with Crippen LogP contribution in [-0.4, -0.2) is 23.9 Å². The Kier molecular flexibility index (Phi) is 5.54. The van der Waals surface area contributed by atoms with Crippen molar-refractivity contribution < 1.29 is 4.79 Å². The minimum absolute atomic E-state index is 0.0508. The summed E-state index contributed by atoms with van der Waals surface area (Å²) < 4.78 is 0. The first-order valence-corrected chi connectivity index (χ1v) is 9.21. The largest absolute Gasteiger partial charge is 0.322 e. The minimum atomic E-state index is -0.0508. The number of nitrogens with one attached hydrogen (secondary N) is 1. The highest BCUT2D eigenvalue weighted by molar-refractivity contribution is 6.04. The summed E-state index contributed by atoms with van der Waals surface area (Å²) >= 11 is 0. The molecule has 1 fully saturated rings. The number of likely N-dealkylation sites (tertiary alicyclic amines) is 1. The summed E-state index contributed by atoms with van der Waals surface area (Å²) in [7, 11) is 0. The average Bonchev–Trinajstić information content (AvgIpc) is 2.58. The van der Waals surface area contributed by atoms with Crippen LogP contribution in [0.15, 0.2) is 42.5 Å². The molecule has 1 amide bonds. The van der Waals surface area contributed by atoms with Crippen LogP contribution in [-0.2, 0) is 6.54 Å². The maximum atomic E-state index is 12.5. The summed E-state index contributed by atoms with van der Waals surface area (Å²) in [4.78, 5) is 15.0. The first-order chi connectivity index (χ1) is 12.0. The molecule has 0 spiro atoms. The Morgan fingerprint density at radius 2 is 1.92 bits per heavy atom. The number of aryl methyl sites for hydroxylation is 2. The number of hydrogen-bond acceptors (Lipinski definition) is 2. The van der Waals surface area contributed by atoms with Crippen molar-refractivity contribution in [1.82, 2.24) is 4.90 Å². The maximum absolute atomic E-state index is 12.5. The van der Waals surface area contributed by atoms with Gasteiger partial charge >= 0.3 is 0 Å². The molecule has 0 aromatic heterocycles. The molecule has 1 aliphatic rings. The lowest BCUT2D eigenvalue weighted by Crippen LogP contribution is -2.33. The lowest BCUT2D eigenvalue weighted by molar-refractivity contribution is 0.102. The molecule has 0 bridgehead atoms. The number of carbonyl (C=O) groups is 1. The molecule has 0 radical (unpaired) electrons. The molecule has 0 unspecified atom stereocenters. The van der Waals surface area contributed by atoms with Crippen LogP contribution in [0.25, 0.3) is 0 Å². The monoisotopic (exact) mass is 336 g/mol. The van der Waals surface area contributed by atoms with Crippen LogP contribution >= 0.6 is 0 Å².